The van der Waals surface area contributed by atoms with Crippen LogP contribution in [0.4, 0.5) is 0 Å². The second-order valence-electron chi connectivity index (χ2n) is 5.43. The van der Waals surface area contributed by atoms with Gasteiger partial charge >= 0.3 is 0 Å². The van der Waals surface area contributed by atoms with E-state index in [1.807, 2.05) is 24.4 Å². The number of nitrogens with zero attached hydrogens (tertiary/aromatic N) is 2. The summed E-state index contributed by atoms with van der Waals surface area (Å²) in [5.74, 6) is 0.818. The van der Waals surface area contributed by atoms with E-state index in [4.69, 9.17) is 4.98 Å². The van der Waals surface area contributed by atoms with Crippen molar-refractivity contribution in [1.29, 1.82) is 0 Å². The number of fused-ring (bicyclic) bond motifs is 1. The molecule has 1 aliphatic rings. The van der Waals surface area contributed by atoms with Crippen LogP contribution < -0.4 is 5.32 Å². The van der Waals surface area contributed by atoms with Crippen LogP contribution >= 0.6 is 15.9 Å². The Hall–Kier alpha value is -1.26. The fraction of sp³-hybridized carbons (Fsp3) is 0.412. The molecule has 3 nitrogen and oxygen atoms in total. The van der Waals surface area contributed by atoms with Crippen molar-refractivity contribution in [3.63, 3.8) is 0 Å². The molecule has 1 atom stereocenters. The number of aromatic nitrogens is 2. The summed E-state index contributed by atoms with van der Waals surface area (Å²) in [7, 11) is 0. The average Bonchev–Trinajstić information content (AvgIpc) is 2.70. The second kappa shape index (κ2) is 6.67. The maximum Gasteiger partial charge on any atom is 0.160 e. The molecule has 1 aromatic heterocycles. The van der Waals surface area contributed by atoms with Crippen LogP contribution in [0.2, 0.25) is 0 Å². The molecule has 0 radical (unpaired) electrons. The minimum absolute atomic E-state index is 0.403. The van der Waals surface area contributed by atoms with E-state index >= 15 is 0 Å². The molecule has 0 spiro atoms. The Kier molecular flexibility index (Phi) is 4.66. The molecule has 0 amide bonds. The molecule has 1 aliphatic carbocycles. The normalized spacial score (nSPS) is 18.1. The second-order valence-corrected chi connectivity index (χ2v) is 6.29. The van der Waals surface area contributed by atoms with E-state index in [-0.39, 0.29) is 0 Å². The van der Waals surface area contributed by atoms with Crippen LogP contribution in [0.15, 0.2) is 34.9 Å². The monoisotopic (exact) mass is 345 g/mol. The quantitative estimate of drug-likeness (QED) is 0.843. The van der Waals surface area contributed by atoms with Crippen molar-refractivity contribution in [2.45, 2.75) is 38.6 Å². The van der Waals surface area contributed by atoms with Crippen molar-refractivity contribution in [3.8, 4) is 11.4 Å². The van der Waals surface area contributed by atoms with Crippen LogP contribution in [0, 0.1) is 0 Å². The van der Waals surface area contributed by atoms with Gasteiger partial charge in [-0.25, -0.2) is 9.97 Å². The first kappa shape index (κ1) is 14.7. The lowest BCUT2D eigenvalue weighted by Crippen LogP contribution is -2.21. The minimum atomic E-state index is 0.403. The number of rotatable bonds is 3. The number of hydrogen-bond acceptors (Lipinski definition) is 3. The molecule has 3 rings (SSSR count). The van der Waals surface area contributed by atoms with E-state index in [9.17, 15) is 0 Å². The first-order valence-electron chi connectivity index (χ1n) is 7.63. The number of benzene rings is 1. The molecule has 0 saturated carbocycles. The van der Waals surface area contributed by atoms with Gasteiger partial charge in [0.15, 0.2) is 5.82 Å². The smallest absolute Gasteiger partial charge is 0.160 e. The molecule has 110 valence electrons. The Morgan fingerprint density at radius 2 is 2.14 bits per heavy atom. The van der Waals surface area contributed by atoms with Gasteiger partial charge in [0.25, 0.3) is 0 Å². The summed E-state index contributed by atoms with van der Waals surface area (Å²) in [6, 6.07) is 8.53. The van der Waals surface area contributed by atoms with E-state index < -0.39 is 0 Å². The van der Waals surface area contributed by atoms with Crippen molar-refractivity contribution < 1.29 is 0 Å². The first-order valence-corrected chi connectivity index (χ1v) is 8.43. The zero-order valence-electron chi connectivity index (χ0n) is 12.3. The molecule has 21 heavy (non-hydrogen) atoms. The van der Waals surface area contributed by atoms with Gasteiger partial charge in [-0.1, -0.05) is 47.5 Å². The molecule has 0 aliphatic heterocycles. The fourth-order valence-electron chi connectivity index (χ4n) is 2.94. The lowest BCUT2D eigenvalue weighted by molar-refractivity contribution is 0.502. The van der Waals surface area contributed by atoms with Crippen molar-refractivity contribution in [2.75, 3.05) is 6.54 Å². The van der Waals surface area contributed by atoms with Gasteiger partial charge in [0.1, 0.15) is 0 Å². The largest absolute Gasteiger partial charge is 0.310 e. The van der Waals surface area contributed by atoms with Crippen LogP contribution in [0.5, 0.6) is 0 Å². The number of nitrogens with one attached hydrogen (secondary N) is 1. The third-order valence-electron chi connectivity index (χ3n) is 4.00. The van der Waals surface area contributed by atoms with Gasteiger partial charge in [0.2, 0.25) is 0 Å². The Balaban J connectivity index is 2.01. The van der Waals surface area contributed by atoms with Crippen molar-refractivity contribution in [3.05, 3.63) is 46.2 Å². The zero-order chi connectivity index (χ0) is 14.7. The molecule has 0 saturated heterocycles. The average molecular weight is 346 g/mol. The van der Waals surface area contributed by atoms with Gasteiger partial charge in [0.05, 0.1) is 0 Å². The standard InChI is InChI=1S/C17H20BrN3/c1-2-19-15-9-5-6-10-16-13(15)11-20-17(21-16)12-7-3-4-8-14(12)18/h3-4,7-8,11,15,19H,2,5-6,9-10H2,1H3. The van der Waals surface area contributed by atoms with Gasteiger partial charge in [0, 0.05) is 33.5 Å². The molecule has 2 aromatic rings. The third-order valence-corrected chi connectivity index (χ3v) is 4.69. The Bertz CT molecular complexity index is 627. The van der Waals surface area contributed by atoms with Crippen LogP contribution in [-0.4, -0.2) is 16.5 Å². The fourth-order valence-corrected chi connectivity index (χ4v) is 3.41. The van der Waals surface area contributed by atoms with Gasteiger partial charge in [-0.15, -0.1) is 0 Å². The van der Waals surface area contributed by atoms with E-state index in [2.05, 4.69) is 39.2 Å². The number of hydrogen-bond donors (Lipinski definition) is 1. The molecule has 4 heteroatoms. The molecule has 1 unspecified atom stereocenters. The van der Waals surface area contributed by atoms with Crippen molar-refractivity contribution in [2.24, 2.45) is 0 Å². The van der Waals surface area contributed by atoms with Crippen LogP contribution in [-0.2, 0) is 6.42 Å². The lowest BCUT2D eigenvalue weighted by Gasteiger charge is -2.18. The lowest BCUT2D eigenvalue weighted by atomic mass is 10.0. The molecule has 0 bridgehead atoms. The Labute approximate surface area is 134 Å². The predicted octanol–water partition coefficient (Wildman–Crippen LogP) is 4.28. The van der Waals surface area contributed by atoms with E-state index in [1.54, 1.807) is 0 Å². The van der Waals surface area contributed by atoms with Gasteiger partial charge in [-0.3, -0.25) is 0 Å². The Morgan fingerprint density at radius 1 is 1.29 bits per heavy atom. The molecule has 1 heterocycles. The third kappa shape index (κ3) is 3.16. The highest BCUT2D eigenvalue weighted by Crippen LogP contribution is 2.30. The molecular weight excluding hydrogens is 326 g/mol. The van der Waals surface area contributed by atoms with E-state index in [1.165, 1.54) is 30.5 Å². The van der Waals surface area contributed by atoms with Gasteiger partial charge in [-0.2, -0.15) is 0 Å². The van der Waals surface area contributed by atoms with Crippen molar-refractivity contribution >= 4 is 15.9 Å². The highest BCUT2D eigenvalue weighted by Gasteiger charge is 2.20. The zero-order valence-corrected chi connectivity index (χ0v) is 13.9. The van der Waals surface area contributed by atoms with Gasteiger partial charge in [-0.05, 0) is 31.9 Å². The topological polar surface area (TPSA) is 37.8 Å². The maximum atomic E-state index is 4.86. The summed E-state index contributed by atoms with van der Waals surface area (Å²) >= 11 is 3.59. The summed E-state index contributed by atoms with van der Waals surface area (Å²) in [5.41, 5.74) is 3.55. The Morgan fingerprint density at radius 3 is 2.95 bits per heavy atom. The minimum Gasteiger partial charge on any atom is -0.310 e. The number of halogens is 1. The van der Waals surface area contributed by atoms with Crippen LogP contribution in [0.25, 0.3) is 11.4 Å². The SMILES string of the molecule is CCNC1CCCCc2nc(-c3ccccc3Br)ncc21. The number of aryl methyl sites for hydroxylation is 1. The van der Waals surface area contributed by atoms with E-state index in [0.717, 1.165) is 28.8 Å². The van der Waals surface area contributed by atoms with Crippen LogP contribution in [0.3, 0.4) is 0 Å². The molecular formula is C17H20BrN3. The van der Waals surface area contributed by atoms with Gasteiger partial charge < -0.3 is 5.32 Å². The molecule has 0 fully saturated rings. The summed E-state index contributed by atoms with van der Waals surface area (Å²) in [5, 5.41) is 3.56. The molecule has 1 N–H and O–H groups in total. The predicted molar refractivity (Wildman–Crippen MR) is 89.1 cm³/mol. The van der Waals surface area contributed by atoms with Crippen LogP contribution in [0.1, 0.15) is 43.5 Å². The maximum absolute atomic E-state index is 4.86. The summed E-state index contributed by atoms with van der Waals surface area (Å²) in [4.78, 5) is 9.47. The van der Waals surface area contributed by atoms with E-state index in [0.29, 0.717) is 6.04 Å². The summed E-state index contributed by atoms with van der Waals surface area (Å²) in [6.45, 7) is 3.14. The highest BCUT2D eigenvalue weighted by molar-refractivity contribution is 9.10. The first-order chi connectivity index (χ1) is 10.3. The molecule has 1 aromatic carbocycles. The summed E-state index contributed by atoms with van der Waals surface area (Å²) < 4.78 is 1.04. The summed E-state index contributed by atoms with van der Waals surface area (Å²) in [6.07, 6.45) is 6.71. The highest BCUT2D eigenvalue weighted by atomic mass is 79.9. The van der Waals surface area contributed by atoms with Crippen molar-refractivity contribution in [1.82, 2.24) is 15.3 Å².